The second kappa shape index (κ2) is 50.5. The summed E-state index contributed by atoms with van der Waals surface area (Å²) in [6.45, 7) is 6.28. The molecule has 0 amide bonds. The maximum absolute atomic E-state index is 12.7. The van der Waals surface area contributed by atoms with E-state index in [1.165, 1.54) is 25.7 Å². The Morgan fingerprint density at radius 2 is 0.619 bits per heavy atom. The van der Waals surface area contributed by atoms with E-state index in [4.69, 9.17) is 14.2 Å². The molecule has 0 aromatic heterocycles. The highest BCUT2D eigenvalue weighted by Crippen LogP contribution is 2.12. The standard InChI is InChI=1S/C57H90O6/c1-4-7-10-13-16-18-20-22-24-26-27-28-29-31-32-34-36-38-41-44-47-50-56(59)62-53-54(52-61-55(58)49-46-43-40-15-12-9-6-3)63-57(60)51-48-45-42-39-37-35-33-30-25-23-21-19-17-14-11-8-5-2/h7-8,10-11,16-19,22-25,27-28,31-33,35-36,38,54H,4-6,9,12-15,20-21,26,29-30,34,37,39-53H2,1-3H3/b10-7-,11-8-,18-16-,19-17-,24-22-,25-23-,28-27-,32-31-,35-33-,38-36-. The van der Waals surface area contributed by atoms with E-state index in [9.17, 15) is 14.4 Å². The summed E-state index contributed by atoms with van der Waals surface area (Å²) >= 11 is 0. The summed E-state index contributed by atoms with van der Waals surface area (Å²) in [7, 11) is 0. The molecule has 0 aliphatic carbocycles. The van der Waals surface area contributed by atoms with Crippen molar-refractivity contribution in [2.75, 3.05) is 13.2 Å². The quantitative estimate of drug-likeness (QED) is 0.0263. The molecule has 1 atom stereocenters. The summed E-state index contributed by atoms with van der Waals surface area (Å²) < 4.78 is 16.7. The molecule has 354 valence electrons. The van der Waals surface area contributed by atoms with Crippen LogP contribution in [0.25, 0.3) is 0 Å². The first-order valence-corrected chi connectivity index (χ1v) is 25.0. The van der Waals surface area contributed by atoms with Crippen LogP contribution >= 0.6 is 0 Å². The van der Waals surface area contributed by atoms with Crippen LogP contribution in [-0.4, -0.2) is 37.2 Å². The van der Waals surface area contributed by atoms with E-state index in [2.05, 4.69) is 142 Å². The number of esters is 3. The minimum Gasteiger partial charge on any atom is -0.462 e. The van der Waals surface area contributed by atoms with Crippen LogP contribution in [0.2, 0.25) is 0 Å². The fourth-order valence-electron chi connectivity index (χ4n) is 6.26. The Kier molecular flexibility index (Phi) is 47.1. The van der Waals surface area contributed by atoms with Gasteiger partial charge in [-0.15, -0.1) is 0 Å². The molecule has 6 heteroatoms. The summed E-state index contributed by atoms with van der Waals surface area (Å²) in [5.74, 6) is -0.991. The highest BCUT2D eigenvalue weighted by Gasteiger charge is 2.19. The van der Waals surface area contributed by atoms with Gasteiger partial charge in [-0.1, -0.05) is 194 Å². The van der Waals surface area contributed by atoms with Crippen molar-refractivity contribution in [2.24, 2.45) is 0 Å². The second-order valence-electron chi connectivity index (χ2n) is 16.0. The Morgan fingerprint density at radius 1 is 0.333 bits per heavy atom. The van der Waals surface area contributed by atoms with E-state index >= 15 is 0 Å². The topological polar surface area (TPSA) is 78.9 Å². The number of allylic oxidation sites excluding steroid dienone is 20. The molecule has 0 saturated carbocycles. The van der Waals surface area contributed by atoms with Gasteiger partial charge in [-0.25, -0.2) is 0 Å². The molecule has 1 unspecified atom stereocenters. The van der Waals surface area contributed by atoms with Gasteiger partial charge < -0.3 is 14.2 Å². The summed E-state index contributed by atoms with van der Waals surface area (Å²) in [4.78, 5) is 37.8. The molecule has 0 aliphatic rings. The number of unbranched alkanes of at least 4 members (excludes halogenated alkanes) is 12. The highest BCUT2D eigenvalue weighted by atomic mass is 16.6. The first-order chi connectivity index (χ1) is 31.0. The molecular formula is C57H90O6. The van der Waals surface area contributed by atoms with Crippen molar-refractivity contribution in [2.45, 2.75) is 207 Å². The summed E-state index contributed by atoms with van der Waals surface area (Å²) in [6, 6.07) is 0. The zero-order valence-corrected chi connectivity index (χ0v) is 40.3. The van der Waals surface area contributed by atoms with Gasteiger partial charge in [-0.05, 0) is 109 Å². The molecule has 0 spiro atoms. The van der Waals surface area contributed by atoms with Gasteiger partial charge in [0.15, 0.2) is 6.10 Å². The summed E-state index contributed by atoms with van der Waals surface area (Å²) in [6.07, 6.45) is 69.1. The number of ether oxygens (including phenoxy) is 3. The van der Waals surface area contributed by atoms with Crippen LogP contribution in [0.1, 0.15) is 201 Å². The molecule has 0 fully saturated rings. The van der Waals surface area contributed by atoms with Gasteiger partial charge >= 0.3 is 17.9 Å². The van der Waals surface area contributed by atoms with Gasteiger partial charge in [0.25, 0.3) is 0 Å². The van der Waals surface area contributed by atoms with Crippen molar-refractivity contribution in [3.8, 4) is 0 Å². The van der Waals surface area contributed by atoms with E-state index in [1.807, 2.05) is 0 Å². The van der Waals surface area contributed by atoms with E-state index in [-0.39, 0.29) is 37.5 Å². The van der Waals surface area contributed by atoms with Crippen LogP contribution in [0.4, 0.5) is 0 Å². The lowest BCUT2D eigenvalue weighted by Crippen LogP contribution is -2.30. The summed E-state index contributed by atoms with van der Waals surface area (Å²) in [5, 5.41) is 0. The van der Waals surface area contributed by atoms with E-state index < -0.39 is 6.10 Å². The minimum atomic E-state index is -0.809. The molecule has 0 heterocycles. The zero-order valence-electron chi connectivity index (χ0n) is 40.3. The van der Waals surface area contributed by atoms with Crippen molar-refractivity contribution in [1.29, 1.82) is 0 Å². The van der Waals surface area contributed by atoms with Gasteiger partial charge in [0.05, 0.1) is 0 Å². The van der Waals surface area contributed by atoms with E-state index in [0.717, 1.165) is 128 Å². The zero-order chi connectivity index (χ0) is 45.8. The predicted octanol–water partition coefficient (Wildman–Crippen LogP) is 16.5. The fourth-order valence-corrected chi connectivity index (χ4v) is 6.26. The van der Waals surface area contributed by atoms with Gasteiger partial charge in [0.2, 0.25) is 0 Å². The van der Waals surface area contributed by atoms with Crippen LogP contribution in [0.3, 0.4) is 0 Å². The molecule has 0 aliphatic heterocycles. The monoisotopic (exact) mass is 871 g/mol. The van der Waals surface area contributed by atoms with Gasteiger partial charge in [-0.3, -0.25) is 14.4 Å². The molecule has 0 saturated heterocycles. The normalized spacial score (nSPS) is 13.1. The smallest absolute Gasteiger partial charge is 0.306 e. The Balaban J connectivity index is 4.42. The molecular weight excluding hydrogens is 781 g/mol. The van der Waals surface area contributed by atoms with Crippen molar-refractivity contribution in [3.63, 3.8) is 0 Å². The van der Waals surface area contributed by atoms with Gasteiger partial charge in [0, 0.05) is 19.3 Å². The van der Waals surface area contributed by atoms with Crippen molar-refractivity contribution in [3.05, 3.63) is 122 Å². The Labute approximate surface area is 386 Å². The predicted molar refractivity (Wildman–Crippen MR) is 269 cm³/mol. The maximum Gasteiger partial charge on any atom is 0.306 e. The molecule has 63 heavy (non-hydrogen) atoms. The Bertz CT molecular complexity index is 1370. The fraction of sp³-hybridized carbons (Fsp3) is 0.596. The number of hydrogen-bond donors (Lipinski definition) is 0. The Hall–Kier alpha value is -4.19. The molecule has 0 N–H and O–H groups in total. The lowest BCUT2D eigenvalue weighted by atomic mass is 10.1. The number of hydrogen-bond acceptors (Lipinski definition) is 6. The summed E-state index contributed by atoms with van der Waals surface area (Å²) in [5.41, 5.74) is 0. The molecule has 0 aromatic carbocycles. The average Bonchev–Trinajstić information content (AvgIpc) is 3.28. The first kappa shape index (κ1) is 58.8. The average molecular weight is 871 g/mol. The Morgan fingerprint density at radius 3 is 1.00 bits per heavy atom. The number of rotatable bonds is 43. The maximum atomic E-state index is 12.7. The van der Waals surface area contributed by atoms with Crippen LogP contribution in [0.15, 0.2) is 122 Å². The van der Waals surface area contributed by atoms with E-state index in [1.54, 1.807) is 0 Å². The molecule has 6 nitrogen and oxygen atoms in total. The van der Waals surface area contributed by atoms with Crippen LogP contribution in [0, 0.1) is 0 Å². The molecule has 0 bridgehead atoms. The van der Waals surface area contributed by atoms with Crippen LogP contribution in [-0.2, 0) is 28.6 Å². The number of carbonyl (C=O) groups is 3. The SMILES string of the molecule is CC/C=C\C/C=C\C/C=C\C/C=C\C/C=C\C/C=C\CCCCC(=O)OCC(COC(=O)CCCCCCCCC)OC(=O)CCCCCC/C=C\C/C=C\C/C=C\C/C=C\CC. The van der Waals surface area contributed by atoms with Crippen LogP contribution in [0.5, 0.6) is 0 Å². The minimum absolute atomic E-state index is 0.105. The highest BCUT2D eigenvalue weighted by molar-refractivity contribution is 5.71. The first-order valence-electron chi connectivity index (χ1n) is 25.0. The molecule has 0 radical (unpaired) electrons. The van der Waals surface area contributed by atoms with E-state index in [0.29, 0.717) is 19.3 Å². The van der Waals surface area contributed by atoms with Gasteiger partial charge in [-0.2, -0.15) is 0 Å². The third-order valence-electron chi connectivity index (χ3n) is 9.96. The van der Waals surface area contributed by atoms with Crippen molar-refractivity contribution >= 4 is 17.9 Å². The molecule has 0 rings (SSSR count). The molecule has 0 aromatic rings. The van der Waals surface area contributed by atoms with Crippen LogP contribution < -0.4 is 0 Å². The second-order valence-corrected chi connectivity index (χ2v) is 16.0. The number of carbonyl (C=O) groups excluding carboxylic acids is 3. The lowest BCUT2D eigenvalue weighted by Gasteiger charge is -2.18. The third-order valence-corrected chi connectivity index (χ3v) is 9.96. The van der Waals surface area contributed by atoms with Crippen molar-refractivity contribution < 1.29 is 28.6 Å². The van der Waals surface area contributed by atoms with Crippen molar-refractivity contribution in [1.82, 2.24) is 0 Å². The lowest BCUT2D eigenvalue weighted by molar-refractivity contribution is -0.167. The van der Waals surface area contributed by atoms with Gasteiger partial charge in [0.1, 0.15) is 13.2 Å². The third kappa shape index (κ3) is 48.7. The largest absolute Gasteiger partial charge is 0.462 e.